The van der Waals surface area contributed by atoms with Gasteiger partial charge in [-0.05, 0) is 109 Å². The summed E-state index contributed by atoms with van der Waals surface area (Å²) in [5.74, 6) is 1.56. The van der Waals surface area contributed by atoms with E-state index < -0.39 is 11.2 Å². The van der Waals surface area contributed by atoms with E-state index in [1.807, 2.05) is 54.0 Å². The Kier molecular flexibility index (Phi) is 12.3. The Labute approximate surface area is 298 Å². The number of aryl methyl sites for hydroxylation is 2. The van der Waals surface area contributed by atoms with E-state index in [0.29, 0.717) is 41.9 Å². The van der Waals surface area contributed by atoms with Crippen molar-refractivity contribution in [1.82, 2.24) is 9.55 Å². The van der Waals surface area contributed by atoms with Gasteiger partial charge in [0.15, 0.2) is 10.6 Å². The van der Waals surface area contributed by atoms with Crippen molar-refractivity contribution in [3.63, 3.8) is 0 Å². The predicted molar refractivity (Wildman–Crippen MR) is 200 cm³/mol. The van der Waals surface area contributed by atoms with Crippen LogP contribution in [0.4, 0.5) is 11.4 Å². The van der Waals surface area contributed by atoms with Gasteiger partial charge in [0, 0.05) is 49.1 Å². The van der Waals surface area contributed by atoms with Crippen molar-refractivity contribution in [2.75, 3.05) is 56.3 Å². The molecule has 10 heteroatoms. The molecule has 1 saturated heterocycles. The van der Waals surface area contributed by atoms with Gasteiger partial charge in [0.05, 0.1) is 37.5 Å². The molecule has 3 aromatic carbocycles. The van der Waals surface area contributed by atoms with E-state index in [1.165, 1.54) is 0 Å². The summed E-state index contributed by atoms with van der Waals surface area (Å²) in [5.41, 5.74) is 7.56. The van der Waals surface area contributed by atoms with Crippen LogP contribution in [0.2, 0.25) is 0 Å². The van der Waals surface area contributed by atoms with E-state index in [9.17, 15) is 9.35 Å². The van der Waals surface area contributed by atoms with Crippen LogP contribution in [0.15, 0.2) is 83.5 Å². The second-order valence-electron chi connectivity index (χ2n) is 12.9. The molecule has 1 atom stereocenters. The van der Waals surface area contributed by atoms with Crippen LogP contribution >= 0.6 is 0 Å². The molecule has 0 unspecified atom stereocenters. The second-order valence-corrected chi connectivity index (χ2v) is 14.4. The molecule has 9 nitrogen and oxygen atoms in total. The Balaban J connectivity index is 1.15. The number of benzene rings is 3. The number of hydrogen-bond donors (Lipinski definition) is 1. The average molecular weight is 697 g/mol. The van der Waals surface area contributed by atoms with Crippen molar-refractivity contribution in [2.45, 2.75) is 57.2 Å². The molecule has 1 amide bonds. The zero-order valence-corrected chi connectivity index (χ0v) is 30.2. The average Bonchev–Trinajstić information content (AvgIpc) is 3.36. The molecule has 2 aliphatic rings. The summed E-state index contributed by atoms with van der Waals surface area (Å²) in [6.07, 6.45) is 6.63. The molecule has 0 saturated carbocycles. The van der Waals surface area contributed by atoms with Gasteiger partial charge < -0.3 is 33.5 Å². The quantitative estimate of drug-likeness (QED) is 0.0973. The molecule has 0 radical (unpaired) electrons. The van der Waals surface area contributed by atoms with Crippen LogP contribution in [0.3, 0.4) is 0 Å². The number of fused-ring (bicyclic) bond motifs is 1. The lowest BCUT2D eigenvalue weighted by molar-refractivity contribution is -0.112. The summed E-state index contributed by atoms with van der Waals surface area (Å²) < 4.78 is 32.2. The maximum Gasteiger partial charge on any atom is 0.251 e. The molecular weight excluding hydrogens is 649 g/mol. The fraction of sp³-hybridized carbons (Fsp3) is 0.400. The lowest BCUT2D eigenvalue weighted by Gasteiger charge is -2.34. The molecule has 1 N–H and O–H groups in total. The molecule has 0 bridgehead atoms. The van der Waals surface area contributed by atoms with Crippen LogP contribution in [0.1, 0.15) is 50.1 Å². The van der Waals surface area contributed by atoms with Gasteiger partial charge in [-0.25, -0.2) is 4.98 Å². The first kappa shape index (κ1) is 35.7. The molecule has 0 spiro atoms. The maximum absolute atomic E-state index is 13.7. The number of unbranched alkanes of at least 4 members (excludes halogenated alkanes) is 1. The monoisotopic (exact) mass is 696 g/mol. The zero-order chi connectivity index (χ0) is 34.9. The molecule has 264 valence electrons. The highest BCUT2D eigenvalue weighted by Crippen LogP contribution is 2.34. The van der Waals surface area contributed by atoms with Gasteiger partial charge in [0.25, 0.3) is 5.91 Å². The summed E-state index contributed by atoms with van der Waals surface area (Å²) >= 11 is -1.23. The largest absolute Gasteiger partial charge is 0.611 e. The van der Waals surface area contributed by atoms with Crippen molar-refractivity contribution < 1.29 is 23.6 Å². The lowest BCUT2D eigenvalue weighted by Crippen LogP contribution is -2.40. The molecule has 1 aromatic heterocycles. The van der Waals surface area contributed by atoms with Crippen molar-refractivity contribution in [3.05, 3.63) is 95.6 Å². The van der Waals surface area contributed by atoms with Crippen molar-refractivity contribution >= 4 is 34.5 Å². The molecule has 3 heterocycles. The van der Waals surface area contributed by atoms with Gasteiger partial charge >= 0.3 is 0 Å². The van der Waals surface area contributed by atoms with Crippen LogP contribution in [-0.4, -0.2) is 66.1 Å². The number of ether oxygens (including phenoxy) is 3. The molecule has 0 aliphatic carbocycles. The molecule has 4 aromatic rings. The van der Waals surface area contributed by atoms with Crippen LogP contribution in [0.25, 0.3) is 17.2 Å². The van der Waals surface area contributed by atoms with Crippen molar-refractivity contribution in [3.8, 4) is 16.9 Å². The highest BCUT2D eigenvalue weighted by atomic mass is 32.2. The van der Waals surface area contributed by atoms with E-state index in [4.69, 9.17) is 14.2 Å². The van der Waals surface area contributed by atoms with Crippen LogP contribution < -0.4 is 15.0 Å². The predicted octanol–water partition coefficient (Wildman–Crippen LogP) is 7.26. The van der Waals surface area contributed by atoms with Gasteiger partial charge in [-0.15, -0.1) is 0 Å². The number of aromatic nitrogens is 2. The molecular formula is C40H48N4O5S. The Morgan fingerprint density at radius 1 is 1.02 bits per heavy atom. The fourth-order valence-corrected chi connectivity index (χ4v) is 7.46. The standard InChI is InChI=1S/C40H48N4O5S/c1-4-6-19-47-20-21-49-36-12-7-31(8-13-36)32-9-16-38-34(22-32)23-33(17-18-44(38)24-30-25-48-26-30)40(45)42-35-10-14-37(15-11-35)50(46)27-39-29(3)41-28-43(39)5-2/h7-16,22-23,28,30H,4-6,17-21,24-27H2,1-3H3,(H,42,45)/t50-/m1/s1. The van der Waals surface area contributed by atoms with Crippen LogP contribution in [-0.2, 0) is 37.7 Å². The minimum Gasteiger partial charge on any atom is -0.611 e. The molecule has 6 rings (SSSR count). The van der Waals surface area contributed by atoms with Crippen LogP contribution in [0, 0.1) is 12.8 Å². The normalized spacial score (nSPS) is 15.1. The number of rotatable bonds is 16. The van der Waals surface area contributed by atoms with Gasteiger partial charge in [0.2, 0.25) is 0 Å². The summed E-state index contributed by atoms with van der Waals surface area (Å²) in [6.45, 7) is 12.0. The summed E-state index contributed by atoms with van der Waals surface area (Å²) in [4.78, 5) is 21.2. The zero-order valence-electron chi connectivity index (χ0n) is 29.4. The van der Waals surface area contributed by atoms with E-state index >= 15 is 0 Å². The van der Waals surface area contributed by atoms with E-state index in [-0.39, 0.29) is 5.91 Å². The maximum atomic E-state index is 13.7. The first-order chi connectivity index (χ1) is 24.4. The molecule has 1 fully saturated rings. The van der Waals surface area contributed by atoms with E-state index in [2.05, 4.69) is 59.4 Å². The molecule has 50 heavy (non-hydrogen) atoms. The van der Waals surface area contributed by atoms with E-state index in [1.54, 1.807) is 6.33 Å². The van der Waals surface area contributed by atoms with Gasteiger partial charge in [-0.1, -0.05) is 31.5 Å². The smallest absolute Gasteiger partial charge is 0.251 e. The van der Waals surface area contributed by atoms with Crippen molar-refractivity contribution in [2.24, 2.45) is 5.92 Å². The topological polar surface area (TPSA) is 101 Å². The summed E-state index contributed by atoms with van der Waals surface area (Å²) in [6, 6.07) is 21.9. The summed E-state index contributed by atoms with van der Waals surface area (Å²) in [5, 5.41) is 3.09. The first-order valence-corrected chi connectivity index (χ1v) is 19.0. The van der Waals surface area contributed by atoms with E-state index in [0.717, 1.165) is 97.4 Å². The third kappa shape index (κ3) is 8.98. The number of imidazole rings is 1. The fourth-order valence-electron chi connectivity index (χ4n) is 6.23. The van der Waals surface area contributed by atoms with Gasteiger partial charge in [0.1, 0.15) is 12.4 Å². The second kappa shape index (κ2) is 17.2. The lowest BCUT2D eigenvalue weighted by atomic mass is 9.99. The number of nitrogens with zero attached hydrogens (tertiary/aromatic N) is 3. The van der Waals surface area contributed by atoms with Crippen LogP contribution in [0.5, 0.6) is 5.75 Å². The number of anilines is 2. The highest BCUT2D eigenvalue weighted by molar-refractivity contribution is 7.90. The third-order valence-electron chi connectivity index (χ3n) is 9.29. The Morgan fingerprint density at radius 3 is 2.52 bits per heavy atom. The Hall–Kier alpha value is -4.09. The number of nitrogens with one attached hydrogen (secondary N) is 1. The number of carbonyl (C=O) groups excluding carboxylic acids is 1. The Morgan fingerprint density at radius 2 is 1.80 bits per heavy atom. The number of amides is 1. The van der Waals surface area contributed by atoms with Gasteiger partial charge in [-0.3, -0.25) is 4.79 Å². The SMILES string of the molecule is CCCCOCCOc1ccc(-c2ccc3c(c2)C=C(C(=O)Nc2ccc([S@+]([O-])Cc4c(C)ncn4CC)cc2)CCN3CC2COC2)cc1. The number of carbonyl (C=O) groups is 1. The minimum absolute atomic E-state index is 0.133. The number of hydrogen-bond acceptors (Lipinski definition) is 7. The minimum atomic E-state index is -1.23. The van der Waals surface area contributed by atoms with Crippen molar-refractivity contribution in [1.29, 1.82) is 0 Å². The molecule has 2 aliphatic heterocycles. The van der Waals surface area contributed by atoms with Gasteiger partial charge in [-0.2, -0.15) is 0 Å². The third-order valence-corrected chi connectivity index (χ3v) is 10.6. The highest BCUT2D eigenvalue weighted by Gasteiger charge is 2.26. The first-order valence-electron chi connectivity index (χ1n) is 17.7. The Bertz CT molecular complexity index is 1750. The summed E-state index contributed by atoms with van der Waals surface area (Å²) in [7, 11) is 0.